The van der Waals surface area contributed by atoms with Gasteiger partial charge in [0.2, 0.25) is 11.9 Å². The summed E-state index contributed by atoms with van der Waals surface area (Å²) in [6.45, 7) is 5.15. The molecule has 1 aromatic heterocycles. The fraction of sp³-hybridized carbons (Fsp3) is 0.786. The number of carbonyl (C=O) groups is 1. The molecule has 116 valence electrons. The summed E-state index contributed by atoms with van der Waals surface area (Å²) in [7, 11) is 0. The van der Waals surface area contributed by atoms with Crippen molar-refractivity contribution in [3.05, 3.63) is 0 Å². The Bertz CT molecular complexity index is 521. The largest absolute Gasteiger partial charge is 0.368 e. The molecule has 0 spiro atoms. The summed E-state index contributed by atoms with van der Waals surface area (Å²) in [5.74, 6) is 1.60. The molecule has 1 amide bonds. The van der Waals surface area contributed by atoms with Gasteiger partial charge in [-0.25, -0.2) is 0 Å². The van der Waals surface area contributed by atoms with Crippen LogP contribution in [0.1, 0.15) is 45.6 Å². The molecule has 2 aliphatic rings. The summed E-state index contributed by atoms with van der Waals surface area (Å²) < 4.78 is 1.97. The van der Waals surface area contributed by atoms with Crippen molar-refractivity contribution in [1.82, 2.24) is 19.7 Å². The highest BCUT2D eigenvalue weighted by Crippen LogP contribution is 2.39. The van der Waals surface area contributed by atoms with Crippen molar-refractivity contribution in [3.63, 3.8) is 0 Å². The van der Waals surface area contributed by atoms with Crippen molar-refractivity contribution in [1.29, 1.82) is 0 Å². The molecule has 2 fully saturated rings. The summed E-state index contributed by atoms with van der Waals surface area (Å²) in [5.41, 5.74) is 5.85. The van der Waals surface area contributed by atoms with Crippen LogP contribution in [-0.2, 0) is 4.79 Å². The average molecular weight is 309 g/mol. The highest BCUT2D eigenvalue weighted by molar-refractivity contribution is 7.99. The van der Waals surface area contributed by atoms with Gasteiger partial charge in [-0.2, -0.15) is 0 Å². The minimum absolute atomic E-state index is 0.208. The predicted molar refractivity (Wildman–Crippen MR) is 83.0 cm³/mol. The van der Waals surface area contributed by atoms with Crippen LogP contribution in [0, 0.1) is 5.92 Å². The zero-order valence-corrected chi connectivity index (χ0v) is 13.5. The standard InChI is InChI=1S/C14H23N5OS/c1-9(2)7-18(10-3-4-10)12(20)8-21-14-17-16-13(15)19(14)11-5-6-11/h9-11H,3-8H2,1-2H3,(H2,15,16). The van der Waals surface area contributed by atoms with E-state index in [-0.39, 0.29) is 5.91 Å². The Balaban J connectivity index is 1.60. The van der Waals surface area contributed by atoms with E-state index < -0.39 is 0 Å². The zero-order chi connectivity index (χ0) is 15.0. The molecule has 1 heterocycles. The summed E-state index contributed by atoms with van der Waals surface area (Å²) in [6.07, 6.45) is 4.55. The van der Waals surface area contributed by atoms with Gasteiger partial charge in [0.05, 0.1) is 5.75 Å². The third-order valence-corrected chi connectivity index (χ3v) is 4.73. The minimum atomic E-state index is 0.208. The van der Waals surface area contributed by atoms with Gasteiger partial charge < -0.3 is 10.6 Å². The highest BCUT2D eigenvalue weighted by atomic mass is 32.2. The second-order valence-electron chi connectivity index (χ2n) is 6.40. The third-order valence-electron chi connectivity index (χ3n) is 3.80. The zero-order valence-electron chi connectivity index (χ0n) is 12.7. The molecular weight excluding hydrogens is 286 g/mol. The van der Waals surface area contributed by atoms with E-state index in [1.165, 1.54) is 11.8 Å². The monoisotopic (exact) mass is 309 g/mol. The van der Waals surface area contributed by atoms with Crippen LogP contribution in [0.25, 0.3) is 0 Å². The van der Waals surface area contributed by atoms with Crippen LogP contribution in [0.15, 0.2) is 5.16 Å². The van der Waals surface area contributed by atoms with E-state index in [4.69, 9.17) is 5.73 Å². The summed E-state index contributed by atoms with van der Waals surface area (Å²) in [6, 6.07) is 0.902. The van der Waals surface area contributed by atoms with Crippen LogP contribution in [0.3, 0.4) is 0 Å². The summed E-state index contributed by atoms with van der Waals surface area (Å²) in [4.78, 5) is 14.5. The van der Waals surface area contributed by atoms with Crippen molar-refractivity contribution < 1.29 is 4.79 Å². The fourth-order valence-electron chi connectivity index (χ4n) is 2.51. The maximum absolute atomic E-state index is 12.5. The Morgan fingerprint density at radius 1 is 1.38 bits per heavy atom. The molecule has 21 heavy (non-hydrogen) atoms. The molecular formula is C14H23N5OS. The molecule has 2 aliphatic carbocycles. The number of amides is 1. The predicted octanol–water partition coefficient (Wildman–Crippen LogP) is 1.93. The molecule has 2 N–H and O–H groups in total. The Hall–Kier alpha value is -1.24. The quantitative estimate of drug-likeness (QED) is 0.779. The molecule has 0 bridgehead atoms. The number of thioether (sulfide) groups is 1. The van der Waals surface area contributed by atoms with E-state index in [1.54, 1.807) is 0 Å². The number of rotatable bonds is 7. The molecule has 7 heteroatoms. The summed E-state index contributed by atoms with van der Waals surface area (Å²) in [5, 5.41) is 8.83. The normalized spacial score (nSPS) is 18.2. The molecule has 0 aliphatic heterocycles. The first kappa shape index (κ1) is 14.7. The molecule has 0 saturated heterocycles. The number of anilines is 1. The number of hydrogen-bond donors (Lipinski definition) is 1. The number of nitrogens with two attached hydrogens (primary N) is 1. The molecule has 0 atom stereocenters. The molecule has 0 aromatic carbocycles. The number of nitrogen functional groups attached to an aromatic ring is 1. The van der Waals surface area contributed by atoms with Crippen LogP contribution in [0.4, 0.5) is 5.95 Å². The van der Waals surface area contributed by atoms with Crippen molar-refractivity contribution in [3.8, 4) is 0 Å². The number of hydrogen-bond acceptors (Lipinski definition) is 5. The maximum atomic E-state index is 12.5. The second kappa shape index (κ2) is 5.87. The number of aromatic nitrogens is 3. The van der Waals surface area contributed by atoms with E-state index >= 15 is 0 Å². The Kier molecular flexibility index (Phi) is 4.10. The molecule has 3 rings (SSSR count). The lowest BCUT2D eigenvalue weighted by atomic mass is 10.2. The third kappa shape index (κ3) is 3.51. The lowest BCUT2D eigenvalue weighted by Crippen LogP contribution is -2.37. The first-order valence-corrected chi connectivity index (χ1v) is 8.67. The smallest absolute Gasteiger partial charge is 0.233 e. The van der Waals surface area contributed by atoms with Crippen LogP contribution >= 0.6 is 11.8 Å². The SMILES string of the molecule is CC(C)CN(C(=O)CSc1nnc(N)n1C1CC1)C1CC1. The Labute approximate surface area is 129 Å². The van der Waals surface area contributed by atoms with E-state index in [9.17, 15) is 4.79 Å². The first-order chi connectivity index (χ1) is 10.1. The van der Waals surface area contributed by atoms with E-state index in [0.717, 1.165) is 37.4 Å². The molecule has 2 saturated carbocycles. The van der Waals surface area contributed by atoms with Gasteiger partial charge >= 0.3 is 0 Å². The Morgan fingerprint density at radius 3 is 2.67 bits per heavy atom. The first-order valence-electron chi connectivity index (χ1n) is 7.69. The van der Waals surface area contributed by atoms with Gasteiger partial charge in [0.15, 0.2) is 5.16 Å². The highest BCUT2D eigenvalue weighted by Gasteiger charge is 2.33. The van der Waals surface area contributed by atoms with Gasteiger partial charge in [0, 0.05) is 18.6 Å². The minimum Gasteiger partial charge on any atom is -0.368 e. The van der Waals surface area contributed by atoms with Gasteiger partial charge in [-0.15, -0.1) is 10.2 Å². The summed E-state index contributed by atoms with van der Waals surface area (Å²) >= 11 is 1.46. The number of carbonyl (C=O) groups excluding carboxylic acids is 1. The van der Waals surface area contributed by atoms with Crippen molar-refractivity contribution in [2.24, 2.45) is 5.92 Å². The maximum Gasteiger partial charge on any atom is 0.233 e. The molecule has 0 radical (unpaired) electrons. The van der Waals surface area contributed by atoms with Crippen molar-refractivity contribution in [2.45, 2.75) is 56.8 Å². The van der Waals surface area contributed by atoms with Gasteiger partial charge in [0.1, 0.15) is 0 Å². The van der Waals surface area contributed by atoms with Crippen LogP contribution in [0.5, 0.6) is 0 Å². The van der Waals surface area contributed by atoms with Crippen LogP contribution < -0.4 is 5.73 Å². The van der Waals surface area contributed by atoms with Gasteiger partial charge in [-0.05, 0) is 31.6 Å². The van der Waals surface area contributed by atoms with Gasteiger partial charge in [-0.3, -0.25) is 9.36 Å². The van der Waals surface area contributed by atoms with Gasteiger partial charge in [-0.1, -0.05) is 25.6 Å². The van der Waals surface area contributed by atoms with Gasteiger partial charge in [0.25, 0.3) is 0 Å². The van der Waals surface area contributed by atoms with Crippen LogP contribution in [0.2, 0.25) is 0 Å². The molecule has 0 unspecified atom stereocenters. The number of nitrogens with zero attached hydrogens (tertiary/aromatic N) is 4. The molecule has 1 aromatic rings. The van der Waals surface area contributed by atoms with Crippen molar-refractivity contribution in [2.75, 3.05) is 18.0 Å². The van der Waals surface area contributed by atoms with Crippen molar-refractivity contribution >= 4 is 23.6 Å². The van der Waals surface area contributed by atoms with Crippen LogP contribution in [-0.4, -0.2) is 43.9 Å². The lowest BCUT2D eigenvalue weighted by molar-refractivity contribution is -0.129. The second-order valence-corrected chi connectivity index (χ2v) is 7.34. The average Bonchev–Trinajstić information content (AvgIpc) is 3.33. The Morgan fingerprint density at radius 2 is 2.10 bits per heavy atom. The van der Waals surface area contributed by atoms with E-state index in [1.807, 2.05) is 9.47 Å². The van der Waals surface area contributed by atoms with E-state index in [2.05, 4.69) is 24.0 Å². The fourth-order valence-corrected chi connectivity index (χ4v) is 3.40. The lowest BCUT2D eigenvalue weighted by Gasteiger charge is -2.24. The molecule has 6 nitrogen and oxygen atoms in total. The topological polar surface area (TPSA) is 77.0 Å². The van der Waals surface area contributed by atoms with E-state index in [0.29, 0.717) is 29.7 Å².